The van der Waals surface area contributed by atoms with E-state index >= 15 is 0 Å². The first-order valence-electron chi connectivity index (χ1n) is 7.98. The van der Waals surface area contributed by atoms with E-state index < -0.39 is 0 Å². The maximum absolute atomic E-state index is 4.41. The molecule has 0 aliphatic rings. The number of likely N-dealkylation sites (N-methyl/N-ethyl adjacent to an activating group) is 1. The van der Waals surface area contributed by atoms with Crippen molar-refractivity contribution in [2.45, 2.75) is 52.6 Å². The molecule has 2 aromatic rings. The Labute approximate surface area is 128 Å². The summed E-state index contributed by atoms with van der Waals surface area (Å²) in [5.74, 6) is 1.73. The molecule has 1 aromatic carbocycles. The van der Waals surface area contributed by atoms with E-state index in [0.717, 1.165) is 25.3 Å². The molecular weight excluding hydrogens is 258 g/mol. The quantitative estimate of drug-likeness (QED) is 0.835. The van der Waals surface area contributed by atoms with E-state index in [9.17, 15) is 0 Å². The Hall–Kier alpha value is -1.61. The van der Waals surface area contributed by atoms with Crippen molar-refractivity contribution >= 4 is 0 Å². The number of nitrogens with zero attached hydrogens (tertiary/aromatic N) is 2. The molecule has 1 heterocycles. The van der Waals surface area contributed by atoms with E-state index in [1.54, 1.807) is 0 Å². The number of aromatic nitrogens is 2. The molecule has 1 unspecified atom stereocenters. The van der Waals surface area contributed by atoms with E-state index in [1.165, 1.54) is 11.1 Å². The molecule has 1 atom stereocenters. The first-order chi connectivity index (χ1) is 10.2. The van der Waals surface area contributed by atoms with Crippen molar-refractivity contribution in [2.75, 3.05) is 6.54 Å². The van der Waals surface area contributed by atoms with Crippen LogP contribution in [0, 0.1) is 0 Å². The summed E-state index contributed by atoms with van der Waals surface area (Å²) >= 11 is 0. The average Bonchev–Trinajstić information content (AvgIpc) is 2.94. The molecule has 0 fully saturated rings. The standard InChI is InChI=1S/C18H27N3/c1-5-18-20-11-12-21(18)13-17(19-6-2)16-9-7-15(8-10-16)14(3)4/h7-12,14,17,19H,5-6,13H2,1-4H3. The zero-order valence-corrected chi connectivity index (χ0v) is 13.6. The maximum Gasteiger partial charge on any atom is 0.108 e. The van der Waals surface area contributed by atoms with E-state index in [-0.39, 0.29) is 0 Å². The van der Waals surface area contributed by atoms with Crippen LogP contribution in [-0.2, 0) is 13.0 Å². The molecule has 2 rings (SSSR count). The zero-order chi connectivity index (χ0) is 15.2. The van der Waals surface area contributed by atoms with E-state index in [2.05, 4.69) is 73.0 Å². The van der Waals surface area contributed by atoms with Crippen molar-refractivity contribution in [3.05, 3.63) is 53.6 Å². The molecule has 0 amide bonds. The predicted molar refractivity (Wildman–Crippen MR) is 88.6 cm³/mol. The fourth-order valence-electron chi connectivity index (χ4n) is 2.66. The monoisotopic (exact) mass is 285 g/mol. The second kappa shape index (κ2) is 7.41. The third-order valence-corrected chi connectivity index (χ3v) is 3.95. The van der Waals surface area contributed by atoms with Gasteiger partial charge in [-0.15, -0.1) is 0 Å². The Bertz CT molecular complexity index is 540. The van der Waals surface area contributed by atoms with Gasteiger partial charge in [-0.2, -0.15) is 0 Å². The van der Waals surface area contributed by atoms with Gasteiger partial charge in [-0.05, 0) is 23.6 Å². The van der Waals surface area contributed by atoms with Gasteiger partial charge < -0.3 is 9.88 Å². The summed E-state index contributed by atoms with van der Waals surface area (Å²) in [6.07, 6.45) is 4.94. The normalized spacial score (nSPS) is 12.8. The molecule has 0 saturated heterocycles. The van der Waals surface area contributed by atoms with Gasteiger partial charge in [-0.3, -0.25) is 0 Å². The highest BCUT2D eigenvalue weighted by molar-refractivity contribution is 5.27. The molecule has 1 N–H and O–H groups in total. The van der Waals surface area contributed by atoms with Crippen molar-refractivity contribution in [1.82, 2.24) is 14.9 Å². The Morgan fingerprint density at radius 1 is 1.10 bits per heavy atom. The molecule has 3 heteroatoms. The van der Waals surface area contributed by atoms with E-state index in [4.69, 9.17) is 0 Å². The van der Waals surface area contributed by atoms with Crippen LogP contribution in [0.25, 0.3) is 0 Å². The molecule has 0 bridgehead atoms. The van der Waals surface area contributed by atoms with Crippen molar-refractivity contribution in [2.24, 2.45) is 0 Å². The fourth-order valence-corrected chi connectivity index (χ4v) is 2.66. The summed E-state index contributed by atoms with van der Waals surface area (Å²) < 4.78 is 2.25. The molecule has 1 aromatic heterocycles. The molecular formula is C18H27N3. The zero-order valence-electron chi connectivity index (χ0n) is 13.6. The van der Waals surface area contributed by atoms with Gasteiger partial charge in [-0.1, -0.05) is 52.0 Å². The highest BCUT2D eigenvalue weighted by atomic mass is 15.1. The molecule has 21 heavy (non-hydrogen) atoms. The van der Waals surface area contributed by atoms with Crippen LogP contribution >= 0.6 is 0 Å². The van der Waals surface area contributed by atoms with Crippen LogP contribution in [0.2, 0.25) is 0 Å². The summed E-state index contributed by atoms with van der Waals surface area (Å²) in [5.41, 5.74) is 2.74. The minimum atomic E-state index is 0.329. The van der Waals surface area contributed by atoms with Crippen LogP contribution in [0.15, 0.2) is 36.7 Å². The van der Waals surface area contributed by atoms with Crippen LogP contribution < -0.4 is 5.32 Å². The summed E-state index contributed by atoms with van der Waals surface area (Å²) in [4.78, 5) is 4.41. The summed E-state index contributed by atoms with van der Waals surface area (Å²) in [7, 11) is 0. The number of imidazole rings is 1. The lowest BCUT2D eigenvalue weighted by atomic mass is 9.99. The third kappa shape index (κ3) is 3.94. The van der Waals surface area contributed by atoms with Gasteiger partial charge in [0.05, 0.1) is 6.04 Å². The van der Waals surface area contributed by atoms with Crippen molar-refractivity contribution < 1.29 is 0 Å². The predicted octanol–water partition coefficient (Wildman–Crippen LogP) is 3.92. The van der Waals surface area contributed by atoms with Crippen LogP contribution in [0.4, 0.5) is 0 Å². The van der Waals surface area contributed by atoms with Gasteiger partial charge in [0.1, 0.15) is 5.82 Å². The number of hydrogen-bond acceptors (Lipinski definition) is 2. The number of hydrogen-bond donors (Lipinski definition) is 1. The lowest BCUT2D eigenvalue weighted by Crippen LogP contribution is -2.26. The van der Waals surface area contributed by atoms with Crippen LogP contribution in [0.5, 0.6) is 0 Å². The van der Waals surface area contributed by atoms with Crippen LogP contribution in [-0.4, -0.2) is 16.1 Å². The lowest BCUT2D eigenvalue weighted by Gasteiger charge is -2.21. The third-order valence-electron chi connectivity index (χ3n) is 3.95. The minimum Gasteiger partial charge on any atom is -0.333 e. The topological polar surface area (TPSA) is 29.9 Å². The number of benzene rings is 1. The first kappa shape index (κ1) is 15.8. The van der Waals surface area contributed by atoms with E-state index in [0.29, 0.717) is 12.0 Å². The first-order valence-corrected chi connectivity index (χ1v) is 7.98. The molecule has 0 saturated carbocycles. The second-order valence-electron chi connectivity index (χ2n) is 5.78. The molecule has 0 spiro atoms. The van der Waals surface area contributed by atoms with Gasteiger partial charge in [-0.25, -0.2) is 4.98 Å². The molecule has 0 radical (unpaired) electrons. The van der Waals surface area contributed by atoms with Gasteiger partial charge >= 0.3 is 0 Å². The van der Waals surface area contributed by atoms with Crippen molar-refractivity contribution in [3.63, 3.8) is 0 Å². The van der Waals surface area contributed by atoms with E-state index in [1.807, 2.05) is 6.20 Å². The molecule has 114 valence electrons. The smallest absolute Gasteiger partial charge is 0.108 e. The highest BCUT2D eigenvalue weighted by Gasteiger charge is 2.13. The van der Waals surface area contributed by atoms with Crippen LogP contribution in [0.1, 0.15) is 56.6 Å². The largest absolute Gasteiger partial charge is 0.333 e. The number of aryl methyl sites for hydroxylation is 1. The van der Waals surface area contributed by atoms with Crippen molar-refractivity contribution in [1.29, 1.82) is 0 Å². The Morgan fingerprint density at radius 3 is 2.33 bits per heavy atom. The fraction of sp³-hybridized carbons (Fsp3) is 0.500. The number of rotatable bonds is 7. The minimum absolute atomic E-state index is 0.329. The van der Waals surface area contributed by atoms with Gasteiger partial charge in [0.25, 0.3) is 0 Å². The van der Waals surface area contributed by atoms with Crippen LogP contribution in [0.3, 0.4) is 0 Å². The van der Waals surface area contributed by atoms with Gasteiger partial charge in [0, 0.05) is 25.4 Å². The lowest BCUT2D eigenvalue weighted by molar-refractivity contribution is 0.466. The average molecular weight is 285 g/mol. The molecule has 0 aliphatic heterocycles. The summed E-state index contributed by atoms with van der Waals surface area (Å²) in [5, 5.41) is 3.59. The molecule has 0 aliphatic carbocycles. The second-order valence-corrected chi connectivity index (χ2v) is 5.78. The van der Waals surface area contributed by atoms with Crippen molar-refractivity contribution in [3.8, 4) is 0 Å². The SMILES string of the molecule is CCNC(Cn1ccnc1CC)c1ccc(C(C)C)cc1. The Morgan fingerprint density at radius 2 is 1.76 bits per heavy atom. The molecule has 3 nitrogen and oxygen atoms in total. The van der Waals surface area contributed by atoms with Gasteiger partial charge in [0.2, 0.25) is 0 Å². The maximum atomic E-state index is 4.41. The van der Waals surface area contributed by atoms with Gasteiger partial charge in [0.15, 0.2) is 0 Å². The Kier molecular flexibility index (Phi) is 5.57. The summed E-state index contributed by atoms with van der Waals surface area (Å²) in [6.45, 7) is 10.7. The number of nitrogens with one attached hydrogen (secondary N) is 1. The Balaban J connectivity index is 2.18. The summed E-state index contributed by atoms with van der Waals surface area (Å²) in [6, 6.07) is 9.34. The highest BCUT2D eigenvalue weighted by Crippen LogP contribution is 2.20.